The van der Waals surface area contributed by atoms with E-state index in [0.717, 1.165) is 45.6 Å². The molecule has 120 valence electrons. The van der Waals surface area contributed by atoms with Gasteiger partial charge in [0.05, 0.1) is 5.92 Å². The molecule has 0 aliphatic carbocycles. The van der Waals surface area contributed by atoms with Gasteiger partial charge in [0.15, 0.2) is 0 Å². The first-order valence-corrected chi connectivity index (χ1v) is 8.06. The second-order valence-electron chi connectivity index (χ2n) is 7.47. The van der Waals surface area contributed by atoms with Gasteiger partial charge in [-0.15, -0.1) is 0 Å². The van der Waals surface area contributed by atoms with Crippen LogP contribution in [0.5, 0.6) is 0 Å². The van der Waals surface area contributed by atoms with Crippen molar-refractivity contribution in [3.05, 3.63) is 0 Å². The highest BCUT2D eigenvalue weighted by Crippen LogP contribution is 2.24. The van der Waals surface area contributed by atoms with Gasteiger partial charge in [0.1, 0.15) is 0 Å². The number of likely N-dealkylation sites (N-methyl/N-ethyl adjacent to an activating group) is 1. The molecule has 0 saturated carbocycles. The number of hydrogen-bond donors (Lipinski definition) is 0. The van der Waals surface area contributed by atoms with Gasteiger partial charge in [-0.2, -0.15) is 0 Å². The van der Waals surface area contributed by atoms with Crippen LogP contribution in [-0.2, 0) is 9.59 Å². The minimum atomic E-state index is -0.362. The van der Waals surface area contributed by atoms with Crippen LogP contribution < -0.4 is 0 Å². The summed E-state index contributed by atoms with van der Waals surface area (Å²) in [5, 5.41) is 0. The molecule has 5 nitrogen and oxygen atoms in total. The average Bonchev–Trinajstić information content (AvgIpc) is 2.45. The maximum atomic E-state index is 12.6. The van der Waals surface area contributed by atoms with Crippen molar-refractivity contribution in [2.45, 2.75) is 33.6 Å². The zero-order valence-electron chi connectivity index (χ0n) is 13.9. The molecule has 2 saturated heterocycles. The van der Waals surface area contributed by atoms with Crippen molar-refractivity contribution in [3.8, 4) is 0 Å². The van der Waals surface area contributed by atoms with Crippen LogP contribution in [0.4, 0.5) is 0 Å². The van der Waals surface area contributed by atoms with Crippen LogP contribution in [0.1, 0.15) is 33.6 Å². The Morgan fingerprint density at radius 2 is 1.57 bits per heavy atom. The predicted molar refractivity (Wildman–Crippen MR) is 82.8 cm³/mol. The standard InChI is InChI=1S/C16H29N3O2/c1-16(2,3)15(21)19-7-5-6-13(12-19)14(20)18-10-8-17(4)9-11-18/h13H,5-12H2,1-4H3. The zero-order valence-corrected chi connectivity index (χ0v) is 13.9. The van der Waals surface area contributed by atoms with Crippen molar-refractivity contribution in [1.82, 2.24) is 14.7 Å². The van der Waals surface area contributed by atoms with E-state index in [4.69, 9.17) is 0 Å². The first-order chi connectivity index (χ1) is 9.79. The number of hydrogen-bond acceptors (Lipinski definition) is 3. The summed E-state index contributed by atoms with van der Waals surface area (Å²) in [6, 6.07) is 0. The topological polar surface area (TPSA) is 43.9 Å². The van der Waals surface area contributed by atoms with Crippen LogP contribution in [0.15, 0.2) is 0 Å². The van der Waals surface area contributed by atoms with Gasteiger partial charge in [0.2, 0.25) is 11.8 Å². The van der Waals surface area contributed by atoms with E-state index in [1.165, 1.54) is 0 Å². The Morgan fingerprint density at radius 3 is 2.14 bits per heavy atom. The lowest BCUT2D eigenvalue weighted by Gasteiger charge is -2.39. The molecule has 0 N–H and O–H groups in total. The van der Waals surface area contributed by atoms with Crippen molar-refractivity contribution in [1.29, 1.82) is 0 Å². The number of amides is 2. The van der Waals surface area contributed by atoms with Crippen molar-refractivity contribution < 1.29 is 9.59 Å². The molecule has 2 amide bonds. The van der Waals surface area contributed by atoms with E-state index >= 15 is 0 Å². The van der Waals surface area contributed by atoms with E-state index in [2.05, 4.69) is 11.9 Å². The summed E-state index contributed by atoms with van der Waals surface area (Å²) in [5.74, 6) is 0.404. The molecule has 0 radical (unpaired) electrons. The molecule has 2 aliphatic heterocycles. The SMILES string of the molecule is CN1CCN(C(=O)C2CCCN(C(=O)C(C)(C)C)C2)CC1. The lowest BCUT2D eigenvalue weighted by atomic mass is 9.90. The Hall–Kier alpha value is -1.10. The van der Waals surface area contributed by atoms with Gasteiger partial charge in [0.25, 0.3) is 0 Å². The van der Waals surface area contributed by atoms with E-state index < -0.39 is 0 Å². The molecule has 2 heterocycles. The van der Waals surface area contributed by atoms with Crippen molar-refractivity contribution >= 4 is 11.8 Å². The van der Waals surface area contributed by atoms with Crippen LogP contribution >= 0.6 is 0 Å². The van der Waals surface area contributed by atoms with Crippen molar-refractivity contribution in [3.63, 3.8) is 0 Å². The van der Waals surface area contributed by atoms with E-state index in [-0.39, 0.29) is 23.1 Å². The van der Waals surface area contributed by atoms with E-state index in [1.54, 1.807) is 0 Å². The second-order valence-corrected chi connectivity index (χ2v) is 7.47. The molecule has 0 spiro atoms. The van der Waals surface area contributed by atoms with Crippen LogP contribution in [0.3, 0.4) is 0 Å². The molecule has 1 unspecified atom stereocenters. The summed E-state index contributed by atoms with van der Waals surface area (Å²) < 4.78 is 0. The van der Waals surface area contributed by atoms with E-state index in [0.29, 0.717) is 6.54 Å². The predicted octanol–water partition coefficient (Wildman–Crippen LogP) is 1.05. The molecule has 2 fully saturated rings. The monoisotopic (exact) mass is 295 g/mol. The molecule has 0 aromatic rings. The van der Waals surface area contributed by atoms with Gasteiger partial charge >= 0.3 is 0 Å². The summed E-state index contributed by atoms with van der Waals surface area (Å²) >= 11 is 0. The van der Waals surface area contributed by atoms with Crippen LogP contribution in [0, 0.1) is 11.3 Å². The van der Waals surface area contributed by atoms with Gasteiger partial charge in [-0.05, 0) is 19.9 Å². The third kappa shape index (κ3) is 3.96. The summed E-state index contributed by atoms with van der Waals surface area (Å²) in [5.41, 5.74) is -0.362. The molecular weight excluding hydrogens is 266 g/mol. The summed E-state index contributed by atoms with van der Waals surface area (Å²) in [6.07, 6.45) is 1.85. The second kappa shape index (κ2) is 6.34. The Balaban J connectivity index is 1.94. The van der Waals surface area contributed by atoms with Crippen molar-refractivity contribution in [2.24, 2.45) is 11.3 Å². The highest BCUT2D eigenvalue weighted by molar-refractivity contribution is 5.84. The fourth-order valence-electron chi connectivity index (χ4n) is 3.12. The Bertz CT molecular complexity index is 395. The lowest BCUT2D eigenvalue weighted by Crippen LogP contribution is -2.53. The number of piperidine rings is 1. The largest absolute Gasteiger partial charge is 0.341 e. The molecule has 0 aromatic carbocycles. The van der Waals surface area contributed by atoms with Crippen LogP contribution in [0.25, 0.3) is 0 Å². The third-order valence-corrected chi connectivity index (χ3v) is 4.51. The van der Waals surface area contributed by atoms with Gasteiger partial charge in [-0.25, -0.2) is 0 Å². The zero-order chi connectivity index (χ0) is 15.6. The van der Waals surface area contributed by atoms with Crippen LogP contribution in [0.2, 0.25) is 0 Å². The molecule has 2 rings (SSSR count). The van der Waals surface area contributed by atoms with Crippen molar-refractivity contribution in [2.75, 3.05) is 46.3 Å². The minimum absolute atomic E-state index is 0.00606. The van der Waals surface area contributed by atoms with Crippen LogP contribution in [-0.4, -0.2) is 72.8 Å². The molecule has 5 heteroatoms. The summed E-state index contributed by atoms with van der Waals surface area (Å²) in [4.78, 5) is 31.2. The Morgan fingerprint density at radius 1 is 0.952 bits per heavy atom. The highest BCUT2D eigenvalue weighted by Gasteiger charge is 2.35. The number of carbonyl (C=O) groups excluding carboxylic acids is 2. The number of nitrogens with zero attached hydrogens (tertiary/aromatic N) is 3. The molecule has 2 aliphatic rings. The van der Waals surface area contributed by atoms with E-state index in [9.17, 15) is 9.59 Å². The summed E-state index contributed by atoms with van der Waals surface area (Å²) in [7, 11) is 2.09. The Kier molecular flexibility index (Phi) is 4.91. The molecule has 0 aromatic heterocycles. The maximum absolute atomic E-state index is 12.6. The normalized spacial score (nSPS) is 25.0. The fraction of sp³-hybridized carbons (Fsp3) is 0.875. The molecule has 1 atom stereocenters. The van der Waals surface area contributed by atoms with Gasteiger partial charge in [-0.1, -0.05) is 20.8 Å². The quantitative estimate of drug-likeness (QED) is 0.726. The number of piperazine rings is 1. The minimum Gasteiger partial charge on any atom is -0.341 e. The third-order valence-electron chi connectivity index (χ3n) is 4.51. The van der Waals surface area contributed by atoms with Gasteiger partial charge in [0, 0.05) is 44.7 Å². The highest BCUT2D eigenvalue weighted by atomic mass is 16.2. The lowest BCUT2D eigenvalue weighted by molar-refractivity contribution is -0.146. The van der Waals surface area contributed by atoms with Gasteiger partial charge < -0.3 is 14.7 Å². The first-order valence-electron chi connectivity index (χ1n) is 8.06. The summed E-state index contributed by atoms with van der Waals surface area (Å²) in [6.45, 7) is 10.8. The van der Waals surface area contributed by atoms with E-state index in [1.807, 2.05) is 30.6 Å². The fourth-order valence-corrected chi connectivity index (χ4v) is 3.12. The maximum Gasteiger partial charge on any atom is 0.227 e. The van der Waals surface area contributed by atoms with Gasteiger partial charge in [-0.3, -0.25) is 9.59 Å². The molecule has 0 bridgehead atoms. The molecular formula is C16H29N3O2. The smallest absolute Gasteiger partial charge is 0.227 e. The first kappa shape index (κ1) is 16.3. The average molecular weight is 295 g/mol. The Labute approximate surface area is 128 Å². The molecule has 21 heavy (non-hydrogen) atoms. The number of rotatable bonds is 1. The number of carbonyl (C=O) groups is 2. The number of likely N-dealkylation sites (tertiary alicyclic amines) is 1.